The molecule has 1 aromatic carbocycles. The Kier molecular flexibility index (Phi) is 5.64. The fourth-order valence-corrected chi connectivity index (χ4v) is 2.67. The molecule has 0 radical (unpaired) electrons. The molecular weight excluding hydrogens is 241 g/mol. The van der Waals surface area contributed by atoms with Crippen LogP contribution in [0.2, 0.25) is 0 Å². The topological polar surface area (TPSA) is 35.2 Å². The highest BCUT2D eigenvalue weighted by Crippen LogP contribution is 2.25. The smallest absolute Gasteiger partial charge is 0.119 e. The number of halogens is 1. The van der Waals surface area contributed by atoms with E-state index in [2.05, 4.69) is 0 Å². The Balaban J connectivity index is 1.84. The Morgan fingerprint density at radius 3 is 2.79 bits per heavy atom. The van der Waals surface area contributed by atoms with Crippen LogP contribution < -0.4 is 10.5 Å². The van der Waals surface area contributed by atoms with Crippen molar-refractivity contribution in [2.75, 3.05) is 13.2 Å². The largest absolute Gasteiger partial charge is 0.493 e. The number of nitrogens with two attached hydrogens (primary N) is 1. The fourth-order valence-electron chi connectivity index (χ4n) is 2.67. The van der Waals surface area contributed by atoms with Crippen LogP contribution in [0.25, 0.3) is 0 Å². The van der Waals surface area contributed by atoms with Crippen molar-refractivity contribution in [2.24, 2.45) is 11.7 Å². The molecule has 1 unspecified atom stereocenters. The minimum atomic E-state index is -0.964. The van der Waals surface area contributed by atoms with Gasteiger partial charge in [0.2, 0.25) is 0 Å². The van der Waals surface area contributed by atoms with Crippen molar-refractivity contribution in [3.05, 3.63) is 29.8 Å². The van der Waals surface area contributed by atoms with Crippen LogP contribution in [0.5, 0.6) is 5.75 Å². The Morgan fingerprint density at radius 2 is 2.05 bits per heavy atom. The lowest BCUT2D eigenvalue weighted by Gasteiger charge is -2.21. The van der Waals surface area contributed by atoms with Crippen LogP contribution in [0.4, 0.5) is 4.39 Å². The van der Waals surface area contributed by atoms with E-state index in [1.165, 1.54) is 32.1 Å². The fraction of sp³-hybridized carbons (Fsp3) is 0.625. The van der Waals surface area contributed by atoms with Crippen LogP contribution in [-0.4, -0.2) is 19.3 Å². The number of ether oxygens (including phenoxy) is 1. The maximum absolute atomic E-state index is 13.3. The molecule has 2 nitrogen and oxygen atoms in total. The number of alkyl halides is 1. The monoisotopic (exact) mass is 265 g/mol. The molecule has 0 amide bonds. The maximum Gasteiger partial charge on any atom is 0.119 e. The van der Waals surface area contributed by atoms with Crippen LogP contribution in [0.3, 0.4) is 0 Å². The van der Waals surface area contributed by atoms with E-state index in [4.69, 9.17) is 10.5 Å². The summed E-state index contributed by atoms with van der Waals surface area (Å²) in [6.45, 7) is 0.868. The summed E-state index contributed by atoms with van der Waals surface area (Å²) in [6.07, 6.45) is 5.98. The first-order chi connectivity index (χ1) is 9.28. The van der Waals surface area contributed by atoms with Crippen LogP contribution >= 0.6 is 0 Å². The van der Waals surface area contributed by atoms with Crippen molar-refractivity contribution >= 4 is 0 Å². The number of benzene rings is 1. The lowest BCUT2D eigenvalue weighted by molar-refractivity contribution is 0.208. The normalized spacial score (nSPS) is 18.2. The van der Waals surface area contributed by atoms with E-state index in [9.17, 15) is 4.39 Å². The zero-order chi connectivity index (χ0) is 13.5. The first-order valence-corrected chi connectivity index (χ1v) is 7.34. The molecule has 1 atom stereocenters. The molecule has 19 heavy (non-hydrogen) atoms. The molecule has 2 rings (SSSR count). The molecule has 3 heteroatoms. The van der Waals surface area contributed by atoms with Crippen molar-refractivity contribution in [2.45, 2.75) is 44.7 Å². The van der Waals surface area contributed by atoms with E-state index < -0.39 is 6.17 Å². The van der Waals surface area contributed by atoms with Gasteiger partial charge >= 0.3 is 0 Å². The average Bonchev–Trinajstić information content (AvgIpc) is 2.46. The predicted molar refractivity (Wildman–Crippen MR) is 76.2 cm³/mol. The highest BCUT2D eigenvalue weighted by molar-refractivity contribution is 5.29. The average molecular weight is 265 g/mol. The zero-order valence-corrected chi connectivity index (χ0v) is 11.5. The van der Waals surface area contributed by atoms with Gasteiger partial charge in [-0.25, -0.2) is 4.39 Å². The molecule has 2 N–H and O–H groups in total. The third kappa shape index (κ3) is 4.83. The molecule has 1 aliphatic carbocycles. The number of rotatable bonds is 6. The Labute approximate surface area is 115 Å². The summed E-state index contributed by atoms with van der Waals surface area (Å²) in [4.78, 5) is 0. The van der Waals surface area contributed by atoms with Crippen LogP contribution in [0.15, 0.2) is 24.3 Å². The number of hydrogen-bond acceptors (Lipinski definition) is 2. The van der Waals surface area contributed by atoms with Crippen LogP contribution in [0, 0.1) is 5.92 Å². The minimum Gasteiger partial charge on any atom is -0.493 e. The molecule has 0 spiro atoms. The van der Waals surface area contributed by atoms with E-state index in [0.717, 1.165) is 17.9 Å². The Morgan fingerprint density at radius 1 is 1.26 bits per heavy atom. The van der Waals surface area contributed by atoms with Crippen molar-refractivity contribution in [3.63, 3.8) is 0 Å². The van der Waals surface area contributed by atoms with Crippen molar-refractivity contribution in [3.8, 4) is 5.75 Å². The zero-order valence-electron chi connectivity index (χ0n) is 11.5. The maximum atomic E-state index is 13.3. The van der Waals surface area contributed by atoms with Crippen LogP contribution in [0.1, 0.15) is 37.7 Å². The van der Waals surface area contributed by atoms with E-state index in [-0.39, 0.29) is 6.54 Å². The van der Waals surface area contributed by atoms with Gasteiger partial charge in [0.15, 0.2) is 0 Å². The summed E-state index contributed by atoms with van der Waals surface area (Å²) < 4.78 is 19.1. The third-order valence-electron chi connectivity index (χ3n) is 3.82. The lowest BCUT2D eigenvalue weighted by Crippen LogP contribution is -2.17. The van der Waals surface area contributed by atoms with Gasteiger partial charge in [-0.1, -0.05) is 31.4 Å². The van der Waals surface area contributed by atoms with Gasteiger partial charge in [0, 0.05) is 13.0 Å². The van der Waals surface area contributed by atoms with Gasteiger partial charge in [-0.15, -0.1) is 0 Å². The Hall–Kier alpha value is -1.09. The highest BCUT2D eigenvalue weighted by Gasteiger charge is 2.14. The predicted octanol–water partition coefficient (Wildman–Crippen LogP) is 3.49. The minimum absolute atomic E-state index is 0.0765. The Bertz CT molecular complexity index is 377. The molecule has 1 aromatic rings. The molecule has 0 saturated heterocycles. The first kappa shape index (κ1) is 14.3. The molecule has 106 valence electrons. The van der Waals surface area contributed by atoms with E-state index in [0.29, 0.717) is 12.3 Å². The molecule has 1 aliphatic rings. The summed E-state index contributed by atoms with van der Waals surface area (Å²) in [7, 11) is 0. The molecule has 0 aromatic heterocycles. The second-order valence-electron chi connectivity index (χ2n) is 5.50. The standard InChI is InChI=1S/C16H24FNO/c17-15(11-18)9-14-7-4-8-16(10-14)19-12-13-5-2-1-3-6-13/h4,7-8,10,13,15H,1-3,5-6,9,11-12,18H2. The number of hydrogen-bond donors (Lipinski definition) is 1. The summed E-state index contributed by atoms with van der Waals surface area (Å²) in [5, 5.41) is 0. The van der Waals surface area contributed by atoms with E-state index in [1.807, 2.05) is 24.3 Å². The second-order valence-corrected chi connectivity index (χ2v) is 5.50. The van der Waals surface area contributed by atoms with Gasteiger partial charge in [-0.2, -0.15) is 0 Å². The highest BCUT2D eigenvalue weighted by atomic mass is 19.1. The van der Waals surface area contributed by atoms with Gasteiger partial charge in [0.05, 0.1) is 6.61 Å². The van der Waals surface area contributed by atoms with E-state index >= 15 is 0 Å². The first-order valence-electron chi connectivity index (χ1n) is 7.34. The van der Waals surface area contributed by atoms with E-state index in [1.54, 1.807) is 0 Å². The van der Waals surface area contributed by atoms with Crippen molar-refractivity contribution < 1.29 is 9.13 Å². The van der Waals surface area contributed by atoms with Gasteiger partial charge in [-0.05, 0) is 36.5 Å². The molecule has 0 heterocycles. The second kappa shape index (κ2) is 7.49. The molecule has 1 fully saturated rings. The van der Waals surface area contributed by atoms with Crippen molar-refractivity contribution in [1.82, 2.24) is 0 Å². The van der Waals surface area contributed by atoms with Crippen molar-refractivity contribution in [1.29, 1.82) is 0 Å². The summed E-state index contributed by atoms with van der Waals surface area (Å²) in [5.74, 6) is 1.54. The summed E-state index contributed by atoms with van der Waals surface area (Å²) in [5.41, 5.74) is 6.27. The summed E-state index contributed by atoms with van der Waals surface area (Å²) in [6, 6.07) is 7.73. The summed E-state index contributed by atoms with van der Waals surface area (Å²) >= 11 is 0. The molecule has 1 saturated carbocycles. The van der Waals surface area contributed by atoms with Gasteiger partial charge in [-0.3, -0.25) is 0 Å². The van der Waals surface area contributed by atoms with Gasteiger partial charge < -0.3 is 10.5 Å². The van der Waals surface area contributed by atoms with Crippen LogP contribution in [-0.2, 0) is 6.42 Å². The third-order valence-corrected chi connectivity index (χ3v) is 3.82. The SMILES string of the molecule is NCC(F)Cc1cccc(OCC2CCCCC2)c1. The lowest BCUT2D eigenvalue weighted by atomic mass is 9.90. The van der Waals surface area contributed by atoms with Gasteiger partial charge in [0.25, 0.3) is 0 Å². The van der Waals surface area contributed by atoms with Gasteiger partial charge in [0.1, 0.15) is 11.9 Å². The molecular formula is C16H24FNO. The quantitative estimate of drug-likeness (QED) is 0.854. The molecule has 0 aliphatic heterocycles. The molecule has 0 bridgehead atoms.